The lowest BCUT2D eigenvalue weighted by Gasteiger charge is -2.32. The molecule has 9 nitrogen and oxygen atoms in total. The van der Waals surface area contributed by atoms with Gasteiger partial charge in [-0.2, -0.15) is 35.3 Å². The van der Waals surface area contributed by atoms with E-state index in [1.807, 2.05) is 12.1 Å². The zero-order valence-electron chi connectivity index (χ0n) is 20.6. The molecule has 1 saturated heterocycles. The maximum atomic E-state index is 12.9. The summed E-state index contributed by atoms with van der Waals surface area (Å²) in [6.45, 7) is 2.50. The Labute approximate surface area is 213 Å². The van der Waals surface area contributed by atoms with Crippen molar-refractivity contribution in [3.8, 4) is 5.82 Å². The first-order chi connectivity index (χ1) is 17.4. The van der Waals surface area contributed by atoms with Crippen molar-refractivity contribution in [1.29, 1.82) is 0 Å². The van der Waals surface area contributed by atoms with Crippen LogP contribution in [0.4, 0.5) is 13.2 Å². The molecule has 0 bridgehead atoms. The third-order valence-corrected chi connectivity index (χ3v) is 8.42. The molecule has 1 aliphatic rings. The van der Waals surface area contributed by atoms with Gasteiger partial charge in [-0.1, -0.05) is 6.07 Å². The van der Waals surface area contributed by atoms with Crippen molar-refractivity contribution in [2.45, 2.75) is 38.3 Å². The Hall–Kier alpha value is -3.16. The van der Waals surface area contributed by atoms with Crippen LogP contribution >= 0.6 is 0 Å². The van der Waals surface area contributed by atoms with Crippen LogP contribution in [-0.4, -0.2) is 69.7 Å². The number of halogens is 3. The number of piperidine rings is 1. The first-order valence-corrected chi connectivity index (χ1v) is 13.0. The summed E-state index contributed by atoms with van der Waals surface area (Å²) in [5.74, 6) is 0.113. The van der Waals surface area contributed by atoms with Gasteiger partial charge in [0.05, 0.1) is 23.0 Å². The lowest BCUT2D eigenvalue weighted by atomic mass is 9.93. The minimum atomic E-state index is -4.49. The average molecular weight is 537 g/mol. The molecule has 1 aliphatic heterocycles. The molecular weight excluding hydrogens is 509 g/mol. The molecule has 0 saturated carbocycles. The summed E-state index contributed by atoms with van der Waals surface area (Å²) in [5, 5.41) is 4.14. The van der Waals surface area contributed by atoms with Gasteiger partial charge in [0.15, 0.2) is 11.6 Å². The van der Waals surface area contributed by atoms with Gasteiger partial charge in [0.1, 0.15) is 0 Å². The van der Waals surface area contributed by atoms with Crippen molar-refractivity contribution in [3.63, 3.8) is 0 Å². The quantitative estimate of drug-likeness (QED) is 0.429. The molecule has 0 N–H and O–H groups in total. The maximum Gasteiger partial charge on any atom is 0.417 e. The number of Topliss-reactive ketones (excluding diaryl/α,β-unsaturated/α-hetero) is 1. The van der Waals surface area contributed by atoms with E-state index < -0.39 is 21.9 Å². The van der Waals surface area contributed by atoms with E-state index in [1.165, 1.54) is 39.7 Å². The lowest BCUT2D eigenvalue weighted by molar-refractivity contribution is -0.137. The number of hydrogen-bond acceptors (Lipinski definition) is 6. The summed E-state index contributed by atoms with van der Waals surface area (Å²) in [7, 11) is -0.397. The molecule has 0 spiro atoms. The average Bonchev–Trinajstić information content (AvgIpc) is 3.25. The Kier molecular flexibility index (Phi) is 7.49. The van der Waals surface area contributed by atoms with Gasteiger partial charge >= 0.3 is 6.18 Å². The largest absolute Gasteiger partial charge is 0.417 e. The van der Waals surface area contributed by atoms with Crippen molar-refractivity contribution in [3.05, 3.63) is 70.9 Å². The van der Waals surface area contributed by atoms with Crippen LogP contribution in [0, 0.1) is 6.92 Å². The summed E-state index contributed by atoms with van der Waals surface area (Å²) >= 11 is 0. The topological polar surface area (TPSA) is 101 Å². The molecule has 0 unspecified atom stereocenters. The van der Waals surface area contributed by atoms with Crippen molar-refractivity contribution >= 4 is 16.0 Å². The van der Waals surface area contributed by atoms with Crippen LogP contribution in [0.5, 0.6) is 0 Å². The van der Waals surface area contributed by atoms with Crippen molar-refractivity contribution < 1.29 is 26.4 Å². The van der Waals surface area contributed by atoms with Gasteiger partial charge in [-0.25, -0.2) is 9.67 Å². The van der Waals surface area contributed by atoms with Gasteiger partial charge in [-0.15, -0.1) is 0 Å². The van der Waals surface area contributed by atoms with Crippen LogP contribution in [0.1, 0.15) is 51.6 Å². The number of rotatable bonds is 7. The number of hydrogen-bond donors (Lipinski definition) is 0. The Morgan fingerprint density at radius 1 is 1.05 bits per heavy atom. The normalized spacial score (nSPS) is 15.9. The van der Waals surface area contributed by atoms with Gasteiger partial charge < -0.3 is 0 Å². The molecule has 0 aliphatic carbocycles. The Bertz CT molecular complexity index is 1360. The van der Waals surface area contributed by atoms with Gasteiger partial charge in [0.25, 0.3) is 10.2 Å². The Balaban J connectivity index is 1.39. The standard InChI is InChI=1S/C24H27F3N6O3S/c1-16-20(15-30-33(16)23-7-5-19(14-29-23)24(25,26)27)22(34)12-17-4-6-21(28-13-17)18-8-10-32(11-9-18)37(35,36)31(2)3/h4-7,13-15,18H,8-12H2,1-3H3. The molecule has 1 fully saturated rings. The first-order valence-electron chi connectivity index (χ1n) is 11.6. The number of ketones is 1. The van der Waals surface area contributed by atoms with E-state index in [2.05, 4.69) is 15.1 Å². The predicted molar refractivity (Wildman–Crippen MR) is 130 cm³/mol. The van der Waals surface area contributed by atoms with E-state index in [-0.39, 0.29) is 23.9 Å². The molecule has 0 amide bonds. The number of nitrogens with zero attached hydrogens (tertiary/aromatic N) is 6. The molecule has 0 radical (unpaired) electrons. The van der Waals surface area contributed by atoms with Crippen molar-refractivity contribution in [1.82, 2.24) is 28.4 Å². The fourth-order valence-electron chi connectivity index (χ4n) is 4.27. The van der Waals surface area contributed by atoms with Gasteiger partial charge in [-0.05, 0) is 43.5 Å². The predicted octanol–water partition coefficient (Wildman–Crippen LogP) is 3.40. The SMILES string of the molecule is Cc1c(C(=O)Cc2ccc(C3CCN(S(=O)(=O)N(C)C)CC3)nc2)cnn1-c1ccc(C(F)(F)F)cn1. The molecule has 37 heavy (non-hydrogen) atoms. The van der Waals surface area contributed by atoms with Crippen LogP contribution in [0.25, 0.3) is 5.82 Å². The van der Waals surface area contributed by atoms with Crippen LogP contribution in [0.2, 0.25) is 0 Å². The molecule has 3 aromatic heterocycles. The molecule has 4 rings (SSSR count). The number of pyridine rings is 2. The fourth-order valence-corrected chi connectivity index (χ4v) is 5.40. The van der Waals surface area contributed by atoms with Gasteiger partial charge in [-0.3, -0.25) is 9.78 Å². The van der Waals surface area contributed by atoms with E-state index in [9.17, 15) is 26.4 Å². The van der Waals surface area contributed by atoms with E-state index in [0.29, 0.717) is 42.8 Å². The molecule has 198 valence electrons. The van der Waals surface area contributed by atoms with E-state index in [4.69, 9.17) is 0 Å². The van der Waals surface area contributed by atoms with Crippen LogP contribution in [0.3, 0.4) is 0 Å². The number of carbonyl (C=O) groups excluding carboxylic acids is 1. The zero-order valence-corrected chi connectivity index (χ0v) is 21.4. The third kappa shape index (κ3) is 5.73. The van der Waals surface area contributed by atoms with E-state index in [1.54, 1.807) is 13.1 Å². The van der Waals surface area contributed by atoms with Crippen LogP contribution in [-0.2, 0) is 22.8 Å². The Morgan fingerprint density at radius 2 is 1.76 bits per heavy atom. The highest BCUT2D eigenvalue weighted by molar-refractivity contribution is 7.86. The second-order valence-corrected chi connectivity index (χ2v) is 11.3. The summed E-state index contributed by atoms with van der Waals surface area (Å²) in [6, 6.07) is 5.83. The van der Waals surface area contributed by atoms with Crippen LogP contribution in [0.15, 0.2) is 42.9 Å². The molecule has 13 heteroatoms. The minimum absolute atomic E-state index is 0.0831. The highest BCUT2D eigenvalue weighted by Gasteiger charge is 2.31. The van der Waals surface area contributed by atoms with Gasteiger partial charge in [0.2, 0.25) is 0 Å². The van der Waals surface area contributed by atoms with Gasteiger partial charge in [0, 0.05) is 57.6 Å². The van der Waals surface area contributed by atoms with Crippen molar-refractivity contribution in [2.24, 2.45) is 0 Å². The van der Waals surface area contributed by atoms with Crippen LogP contribution < -0.4 is 0 Å². The van der Waals surface area contributed by atoms with E-state index in [0.717, 1.165) is 18.0 Å². The zero-order chi connectivity index (χ0) is 27.0. The lowest BCUT2D eigenvalue weighted by Crippen LogP contribution is -2.44. The first kappa shape index (κ1) is 26.9. The summed E-state index contributed by atoms with van der Waals surface area (Å²) in [6.07, 6.45) is 0.681. The number of alkyl halides is 3. The van der Waals surface area contributed by atoms with Crippen molar-refractivity contribution in [2.75, 3.05) is 27.2 Å². The highest BCUT2D eigenvalue weighted by atomic mass is 32.2. The smallest absolute Gasteiger partial charge is 0.294 e. The fraction of sp³-hybridized carbons (Fsp3) is 0.417. The molecular formula is C24H27F3N6O3S. The molecule has 0 aromatic carbocycles. The summed E-state index contributed by atoms with van der Waals surface area (Å²) < 4.78 is 67.0. The summed E-state index contributed by atoms with van der Waals surface area (Å²) in [4.78, 5) is 21.3. The minimum Gasteiger partial charge on any atom is -0.294 e. The number of aromatic nitrogens is 4. The monoisotopic (exact) mass is 536 g/mol. The molecule has 4 heterocycles. The second kappa shape index (κ2) is 10.3. The Morgan fingerprint density at radius 3 is 2.30 bits per heavy atom. The summed E-state index contributed by atoms with van der Waals surface area (Å²) in [5.41, 5.74) is 1.52. The van der Waals surface area contributed by atoms with E-state index >= 15 is 0 Å². The molecule has 0 atom stereocenters. The number of carbonyl (C=O) groups is 1. The second-order valence-electron chi connectivity index (χ2n) is 9.11. The third-order valence-electron chi connectivity index (χ3n) is 6.47. The molecule has 3 aromatic rings. The maximum absolute atomic E-state index is 12.9. The highest BCUT2D eigenvalue weighted by Crippen LogP contribution is 2.30.